The van der Waals surface area contributed by atoms with Gasteiger partial charge < -0.3 is 0 Å². The molecule has 5 aliphatic carbocycles. The molecule has 0 amide bonds. The molecule has 1 aromatic rings. The molecule has 0 unspecified atom stereocenters. The summed E-state index contributed by atoms with van der Waals surface area (Å²) < 4.78 is 5.14. The molecule has 1 aromatic heterocycles. The monoisotopic (exact) mass is 285 g/mol. The van der Waals surface area contributed by atoms with Crippen LogP contribution in [-0.2, 0) is 7.05 Å². The van der Waals surface area contributed by atoms with E-state index in [1.807, 2.05) is 9.36 Å². The minimum absolute atomic E-state index is 0.0701. The molecule has 110 valence electrons. The van der Waals surface area contributed by atoms with Gasteiger partial charge in [0, 0.05) is 17.9 Å². The number of hydrogen-bond donors (Lipinski definition) is 0. The van der Waals surface area contributed by atoms with Crippen molar-refractivity contribution in [3.63, 3.8) is 0 Å². The van der Waals surface area contributed by atoms with E-state index >= 15 is 0 Å². The van der Waals surface area contributed by atoms with Gasteiger partial charge in [0.1, 0.15) is 0 Å². The van der Waals surface area contributed by atoms with Crippen LogP contribution >= 0.6 is 0 Å². The van der Waals surface area contributed by atoms with Crippen LogP contribution in [-0.4, -0.2) is 13.9 Å². The topological polar surface area (TPSA) is 48.9 Å². The highest BCUT2D eigenvalue weighted by Crippen LogP contribution is 3.06. The van der Waals surface area contributed by atoms with E-state index < -0.39 is 0 Å². The second kappa shape index (κ2) is 2.20. The van der Waals surface area contributed by atoms with Crippen LogP contribution in [0.4, 0.5) is 0 Å². The minimum Gasteiger partial charge on any atom is -0.246 e. The van der Waals surface area contributed by atoms with Gasteiger partial charge in [-0.05, 0) is 41.9 Å². The van der Waals surface area contributed by atoms with E-state index in [0.717, 1.165) is 23.7 Å². The zero-order valence-electron chi connectivity index (χ0n) is 12.5. The molecule has 2 aliphatic heterocycles. The minimum atomic E-state index is -0.0701. The molecule has 6 atom stereocenters. The fourth-order valence-corrected chi connectivity index (χ4v) is 8.90. The van der Waals surface area contributed by atoms with E-state index in [1.54, 1.807) is 7.05 Å². The second-order valence-electron chi connectivity index (χ2n) is 9.51. The summed E-state index contributed by atoms with van der Waals surface area (Å²) >= 11 is 0. The molecule has 5 nitrogen and oxygen atoms in total. The van der Waals surface area contributed by atoms with Gasteiger partial charge in [0.05, 0.1) is 12.1 Å². The molecule has 0 saturated heterocycles. The van der Waals surface area contributed by atoms with Crippen LogP contribution in [0, 0.1) is 39.9 Å². The molecule has 0 N–H and O–H groups in total. The predicted molar refractivity (Wildman–Crippen MR) is 73.8 cm³/mol. The van der Waals surface area contributed by atoms with Gasteiger partial charge in [0.15, 0.2) is 0 Å². The van der Waals surface area contributed by atoms with Crippen molar-refractivity contribution in [2.45, 2.75) is 38.8 Å². The maximum Gasteiger partial charge on any atom is 0.347 e. The van der Waals surface area contributed by atoms with E-state index in [4.69, 9.17) is 0 Å². The molecular formula is C16H19N3O2. The first kappa shape index (κ1) is 10.5. The lowest BCUT2D eigenvalue weighted by molar-refractivity contribution is 0.0178. The maximum atomic E-state index is 12.6. The Labute approximate surface area is 121 Å². The van der Waals surface area contributed by atoms with Crippen molar-refractivity contribution < 1.29 is 0 Å². The van der Waals surface area contributed by atoms with E-state index in [2.05, 4.69) is 13.8 Å². The molecule has 5 saturated carbocycles. The standard InChI is InChI=1S/C16H19N3O2/c1-14(2)4-15-9-6-7-8(6)11(16(9,15)5-14)19-13(21)17(3)12(20)18(19)10(7)15/h6-11H,4-5H2,1-3H3/t6?,7-,8-,9?,10-,11-,15-,16-/m0/s1. The Bertz CT molecular complexity index is 836. The Kier molecular flexibility index (Phi) is 1.10. The molecule has 7 aliphatic rings. The van der Waals surface area contributed by atoms with Crippen LogP contribution in [0.15, 0.2) is 9.59 Å². The largest absolute Gasteiger partial charge is 0.347 e. The Morgan fingerprint density at radius 3 is 1.86 bits per heavy atom. The smallest absolute Gasteiger partial charge is 0.246 e. The van der Waals surface area contributed by atoms with Crippen LogP contribution in [0.3, 0.4) is 0 Å². The van der Waals surface area contributed by atoms with Crippen LogP contribution in [0.25, 0.3) is 0 Å². The highest BCUT2D eigenvalue weighted by atomic mass is 16.2. The van der Waals surface area contributed by atoms with Gasteiger partial charge in [-0.1, -0.05) is 13.8 Å². The average Bonchev–Trinajstić information content (AvgIpc) is 3.05. The summed E-state index contributed by atoms with van der Waals surface area (Å²) in [7, 11) is 1.64. The molecule has 2 spiro atoms. The lowest BCUT2D eigenvalue weighted by Crippen LogP contribution is -2.51. The molecule has 0 aromatic carbocycles. The van der Waals surface area contributed by atoms with Crippen molar-refractivity contribution >= 4 is 0 Å². The Morgan fingerprint density at radius 2 is 1.38 bits per heavy atom. The lowest BCUT2D eigenvalue weighted by atomic mass is 9.73. The van der Waals surface area contributed by atoms with Gasteiger partial charge in [-0.3, -0.25) is 0 Å². The molecule has 3 heterocycles. The molecular weight excluding hydrogens is 266 g/mol. The third-order valence-corrected chi connectivity index (χ3v) is 8.52. The third kappa shape index (κ3) is 0.624. The summed E-state index contributed by atoms with van der Waals surface area (Å²) in [5.74, 6) is 3.11. The van der Waals surface area contributed by atoms with Crippen molar-refractivity contribution in [1.82, 2.24) is 13.9 Å². The van der Waals surface area contributed by atoms with Crippen molar-refractivity contribution in [3.05, 3.63) is 21.0 Å². The summed E-state index contributed by atoms with van der Waals surface area (Å²) in [6.45, 7) is 4.77. The SMILES string of the molecule is Cn1c(=O)n2n(c1=O)[C@H]1[C@H]3C4C5[C@@]6(CC(C)(C)C[C@]516)[C@@H]2[C@@H]43. The van der Waals surface area contributed by atoms with Crippen molar-refractivity contribution in [2.24, 2.45) is 47.0 Å². The number of aromatic nitrogens is 3. The fraction of sp³-hybridized carbons (Fsp3) is 0.875. The van der Waals surface area contributed by atoms with Crippen molar-refractivity contribution in [3.8, 4) is 0 Å². The lowest BCUT2D eigenvalue weighted by Gasteiger charge is -2.45. The third-order valence-electron chi connectivity index (χ3n) is 8.52. The quantitative estimate of drug-likeness (QED) is 0.706. The molecule has 5 fully saturated rings. The van der Waals surface area contributed by atoms with Crippen molar-refractivity contribution in [2.75, 3.05) is 0 Å². The molecule has 0 radical (unpaired) electrons. The van der Waals surface area contributed by atoms with Gasteiger partial charge in [-0.25, -0.2) is 23.5 Å². The van der Waals surface area contributed by atoms with Gasteiger partial charge in [-0.15, -0.1) is 0 Å². The first-order valence-corrected chi connectivity index (χ1v) is 8.29. The Hall–Kier alpha value is -1.26. The number of rotatable bonds is 0. The average molecular weight is 285 g/mol. The first-order valence-electron chi connectivity index (χ1n) is 8.29. The van der Waals surface area contributed by atoms with Gasteiger partial charge in [0.2, 0.25) is 0 Å². The van der Waals surface area contributed by atoms with E-state index in [1.165, 1.54) is 17.4 Å². The number of hydrogen-bond acceptors (Lipinski definition) is 2. The van der Waals surface area contributed by atoms with E-state index in [0.29, 0.717) is 28.3 Å². The zero-order valence-corrected chi connectivity index (χ0v) is 12.5. The summed E-state index contributed by atoms with van der Waals surface area (Å²) in [6, 6.07) is 0.677. The summed E-state index contributed by atoms with van der Waals surface area (Å²) in [5.41, 5.74) is 0.995. The summed E-state index contributed by atoms with van der Waals surface area (Å²) in [5, 5.41) is 0. The molecule has 21 heavy (non-hydrogen) atoms. The van der Waals surface area contributed by atoms with Crippen LogP contribution in [0.5, 0.6) is 0 Å². The highest BCUT2D eigenvalue weighted by molar-refractivity contribution is 5.51. The Balaban J connectivity index is 1.64. The second-order valence-corrected chi connectivity index (χ2v) is 9.51. The highest BCUT2D eigenvalue weighted by Gasteiger charge is 3.04. The van der Waals surface area contributed by atoms with Crippen molar-refractivity contribution in [1.29, 1.82) is 0 Å². The van der Waals surface area contributed by atoms with Crippen LogP contribution < -0.4 is 11.4 Å². The number of nitrogens with zero attached hydrogens (tertiary/aromatic N) is 3. The molecule has 5 heteroatoms. The summed E-state index contributed by atoms with van der Waals surface area (Å²) in [4.78, 5) is 25.2. The Morgan fingerprint density at radius 1 is 0.905 bits per heavy atom. The molecule has 8 rings (SSSR count). The van der Waals surface area contributed by atoms with Crippen LogP contribution in [0.2, 0.25) is 0 Å². The fourth-order valence-electron chi connectivity index (χ4n) is 8.90. The van der Waals surface area contributed by atoms with Gasteiger partial charge >= 0.3 is 11.4 Å². The van der Waals surface area contributed by atoms with Gasteiger partial charge in [-0.2, -0.15) is 0 Å². The zero-order chi connectivity index (χ0) is 14.3. The van der Waals surface area contributed by atoms with E-state index in [-0.39, 0.29) is 11.4 Å². The predicted octanol–water partition coefficient (Wildman–Crippen LogP) is 0.756. The van der Waals surface area contributed by atoms with E-state index in [9.17, 15) is 9.59 Å². The molecule has 2 bridgehead atoms. The normalized spacial score (nSPS) is 60.9. The van der Waals surface area contributed by atoms with Crippen LogP contribution in [0.1, 0.15) is 38.8 Å². The first-order chi connectivity index (χ1) is 9.88. The maximum absolute atomic E-state index is 12.6. The summed E-state index contributed by atoms with van der Waals surface area (Å²) in [6.07, 6.45) is 2.53. The van der Waals surface area contributed by atoms with Gasteiger partial charge in [0.25, 0.3) is 0 Å².